The molecule has 0 atom stereocenters. The van der Waals surface area contributed by atoms with Gasteiger partial charge in [0.25, 0.3) is 0 Å². The molecule has 4 heteroatoms. The summed E-state index contributed by atoms with van der Waals surface area (Å²) in [5.74, 6) is 1.85. The highest BCUT2D eigenvalue weighted by Gasteiger charge is 2.21. The van der Waals surface area contributed by atoms with Gasteiger partial charge >= 0.3 is 0 Å². The molecule has 0 aliphatic carbocycles. The highest BCUT2D eigenvalue weighted by Crippen LogP contribution is 2.42. The van der Waals surface area contributed by atoms with Gasteiger partial charge in [0, 0.05) is 33.0 Å². The van der Waals surface area contributed by atoms with E-state index >= 15 is 0 Å². The predicted octanol–water partition coefficient (Wildman–Crippen LogP) is 11.3. The Morgan fingerprint density at radius 2 is 0.979 bits per heavy atom. The minimum atomic E-state index is 0.600. The largest absolute Gasteiger partial charge is 0.455 e. The fourth-order valence-electron chi connectivity index (χ4n) is 6.41. The molecule has 2 aromatic heterocycles. The molecule has 0 aliphatic rings. The summed E-state index contributed by atoms with van der Waals surface area (Å²) >= 11 is 0. The van der Waals surface area contributed by atoms with E-state index in [1.54, 1.807) is 0 Å². The first-order valence-corrected chi connectivity index (χ1v) is 15.7. The van der Waals surface area contributed by atoms with Gasteiger partial charge in [-0.15, -0.1) is 0 Å². The van der Waals surface area contributed by atoms with Gasteiger partial charge in [0.15, 0.2) is 17.5 Å². The van der Waals surface area contributed by atoms with Crippen LogP contribution < -0.4 is 0 Å². The lowest BCUT2D eigenvalue weighted by atomic mass is 9.95. The van der Waals surface area contributed by atoms with Crippen molar-refractivity contribution in [2.75, 3.05) is 0 Å². The van der Waals surface area contributed by atoms with Crippen LogP contribution in [0, 0.1) is 0 Å². The van der Waals surface area contributed by atoms with Crippen LogP contribution in [0.2, 0.25) is 0 Å². The summed E-state index contributed by atoms with van der Waals surface area (Å²) < 4.78 is 6.65. The van der Waals surface area contributed by atoms with Gasteiger partial charge < -0.3 is 4.42 Å². The van der Waals surface area contributed by atoms with Crippen LogP contribution in [0.5, 0.6) is 0 Å². The number of hydrogen-bond donors (Lipinski definition) is 0. The summed E-state index contributed by atoms with van der Waals surface area (Å²) in [5, 5.41) is 4.32. The lowest BCUT2D eigenvalue weighted by Gasteiger charge is -2.12. The maximum Gasteiger partial charge on any atom is 0.164 e. The van der Waals surface area contributed by atoms with Crippen LogP contribution in [0.1, 0.15) is 0 Å². The van der Waals surface area contributed by atoms with Crippen molar-refractivity contribution in [3.05, 3.63) is 164 Å². The predicted molar refractivity (Wildman–Crippen MR) is 192 cm³/mol. The van der Waals surface area contributed by atoms with Gasteiger partial charge in [-0.05, 0) is 57.8 Å². The lowest BCUT2D eigenvalue weighted by molar-refractivity contribution is 0.670. The molecule has 220 valence electrons. The van der Waals surface area contributed by atoms with Gasteiger partial charge in [0.2, 0.25) is 0 Å². The molecule has 0 fully saturated rings. The Kier molecular flexibility index (Phi) is 6.43. The SMILES string of the molecule is c1ccc(-c2cccc(-c3ccc(-c4nc(-c5ccccc5)nc(-c5ccc6ccccc6c5)n4)c4c3oc3ccccc34)c2)cc1. The standard InChI is InChI=1S/C43H27N3O/c1-3-12-28(13-4-1)32-18-11-19-33(26-32)35-24-25-37(39-36-20-9-10-21-38(36)47-40(35)39)43-45-41(30-15-5-2-6-16-30)44-42(46-43)34-23-22-29-14-7-8-17-31(29)27-34/h1-27H. The van der Waals surface area contributed by atoms with Gasteiger partial charge in [-0.1, -0.05) is 133 Å². The van der Waals surface area contributed by atoms with E-state index in [1.165, 1.54) is 10.9 Å². The molecule has 0 saturated heterocycles. The molecule has 0 N–H and O–H groups in total. The molecule has 9 aromatic rings. The van der Waals surface area contributed by atoms with E-state index in [2.05, 4.69) is 109 Å². The second-order valence-electron chi connectivity index (χ2n) is 11.6. The van der Waals surface area contributed by atoms with E-state index in [0.29, 0.717) is 17.5 Å². The number of furan rings is 1. The Morgan fingerprint density at radius 1 is 0.362 bits per heavy atom. The summed E-state index contributed by atoms with van der Waals surface area (Å²) in [6.07, 6.45) is 0. The number of para-hydroxylation sites is 1. The smallest absolute Gasteiger partial charge is 0.164 e. The highest BCUT2D eigenvalue weighted by molar-refractivity contribution is 6.15. The van der Waals surface area contributed by atoms with E-state index in [0.717, 1.165) is 60.7 Å². The van der Waals surface area contributed by atoms with E-state index in [1.807, 2.05) is 54.6 Å². The van der Waals surface area contributed by atoms with Crippen LogP contribution in [0.15, 0.2) is 168 Å². The van der Waals surface area contributed by atoms with Gasteiger partial charge in [0.05, 0.1) is 0 Å². The average Bonchev–Trinajstić information content (AvgIpc) is 3.55. The molecule has 0 aliphatic heterocycles. The molecule has 0 saturated carbocycles. The number of rotatable bonds is 5. The van der Waals surface area contributed by atoms with E-state index in [-0.39, 0.29) is 0 Å². The van der Waals surface area contributed by atoms with Crippen LogP contribution >= 0.6 is 0 Å². The molecule has 47 heavy (non-hydrogen) atoms. The third kappa shape index (κ3) is 4.84. The Morgan fingerprint density at radius 3 is 1.81 bits per heavy atom. The fraction of sp³-hybridized carbons (Fsp3) is 0. The molecular weight excluding hydrogens is 574 g/mol. The number of nitrogens with zero attached hydrogens (tertiary/aromatic N) is 3. The highest BCUT2D eigenvalue weighted by atomic mass is 16.3. The molecule has 0 bridgehead atoms. The summed E-state index contributed by atoms with van der Waals surface area (Å²) in [5.41, 5.74) is 8.82. The molecule has 2 heterocycles. The first-order chi connectivity index (χ1) is 23.3. The van der Waals surface area contributed by atoms with Crippen LogP contribution in [0.4, 0.5) is 0 Å². The number of aromatic nitrogens is 3. The molecular formula is C43H27N3O. The second kappa shape index (κ2) is 11.2. The van der Waals surface area contributed by atoms with Crippen LogP contribution in [-0.2, 0) is 0 Å². The number of hydrogen-bond acceptors (Lipinski definition) is 4. The fourth-order valence-corrected chi connectivity index (χ4v) is 6.41. The van der Waals surface area contributed by atoms with Crippen molar-refractivity contribution in [1.82, 2.24) is 15.0 Å². The maximum absolute atomic E-state index is 6.65. The van der Waals surface area contributed by atoms with Crippen LogP contribution in [0.25, 0.3) is 89.1 Å². The minimum absolute atomic E-state index is 0.600. The molecule has 0 amide bonds. The Labute approximate surface area is 271 Å². The molecule has 4 nitrogen and oxygen atoms in total. The lowest BCUT2D eigenvalue weighted by Crippen LogP contribution is -2.00. The molecule has 7 aromatic carbocycles. The summed E-state index contributed by atoms with van der Waals surface area (Å²) in [6, 6.07) is 56.3. The van der Waals surface area contributed by atoms with Crippen molar-refractivity contribution >= 4 is 32.7 Å². The normalized spacial score (nSPS) is 11.4. The summed E-state index contributed by atoms with van der Waals surface area (Å²) in [4.78, 5) is 15.2. The Hall–Kier alpha value is -6.39. The maximum atomic E-state index is 6.65. The first-order valence-electron chi connectivity index (χ1n) is 15.7. The third-order valence-electron chi connectivity index (χ3n) is 8.72. The molecule has 0 unspecified atom stereocenters. The zero-order valence-electron chi connectivity index (χ0n) is 25.3. The number of benzene rings is 7. The minimum Gasteiger partial charge on any atom is -0.455 e. The van der Waals surface area contributed by atoms with Crippen molar-refractivity contribution in [1.29, 1.82) is 0 Å². The monoisotopic (exact) mass is 601 g/mol. The Balaban J connectivity index is 1.28. The topological polar surface area (TPSA) is 51.8 Å². The van der Waals surface area contributed by atoms with Crippen molar-refractivity contribution in [3.63, 3.8) is 0 Å². The number of fused-ring (bicyclic) bond motifs is 4. The molecule has 0 radical (unpaired) electrons. The van der Waals surface area contributed by atoms with Crippen molar-refractivity contribution in [3.8, 4) is 56.4 Å². The summed E-state index contributed by atoms with van der Waals surface area (Å²) in [7, 11) is 0. The zero-order chi connectivity index (χ0) is 31.2. The van der Waals surface area contributed by atoms with E-state index < -0.39 is 0 Å². The van der Waals surface area contributed by atoms with Gasteiger partial charge in [0.1, 0.15) is 11.2 Å². The zero-order valence-corrected chi connectivity index (χ0v) is 25.3. The van der Waals surface area contributed by atoms with Gasteiger partial charge in [-0.25, -0.2) is 15.0 Å². The van der Waals surface area contributed by atoms with E-state index in [4.69, 9.17) is 19.4 Å². The van der Waals surface area contributed by atoms with Crippen molar-refractivity contribution in [2.24, 2.45) is 0 Å². The quantitative estimate of drug-likeness (QED) is 0.197. The van der Waals surface area contributed by atoms with Crippen LogP contribution in [0.3, 0.4) is 0 Å². The Bertz CT molecular complexity index is 2570. The second-order valence-corrected chi connectivity index (χ2v) is 11.6. The third-order valence-corrected chi connectivity index (χ3v) is 8.72. The first kappa shape index (κ1) is 27.0. The summed E-state index contributed by atoms with van der Waals surface area (Å²) in [6.45, 7) is 0. The molecule has 9 rings (SSSR count). The van der Waals surface area contributed by atoms with Gasteiger partial charge in [-0.3, -0.25) is 0 Å². The van der Waals surface area contributed by atoms with E-state index in [9.17, 15) is 0 Å². The van der Waals surface area contributed by atoms with Crippen LogP contribution in [-0.4, -0.2) is 15.0 Å². The van der Waals surface area contributed by atoms with Crippen molar-refractivity contribution < 1.29 is 4.42 Å². The average molecular weight is 602 g/mol. The van der Waals surface area contributed by atoms with Gasteiger partial charge in [-0.2, -0.15) is 0 Å². The molecule has 0 spiro atoms. The van der Waals surface area contributed by atoms with Crippen molar-refractivity contribution in [2.45, 2.75) is 0 Å².